The van der Waals surface area contributed by atoms with E-state index in [1.54, 1.807) is 4.68 Å². The SMILES string of the molecule is Cn1ccc(Nc2ccc(N3CCNCC3)cn2)n1. The van der Waals surface area contributed by atoms with Crippen molar-refractivity contribution in [2.75, 3.05) is 36.4 Å². The summed E-state index contributed by atoms with van der Waals surface area (Å²) in [6, 6.07) is 6.02. The van der Waals surface area contributed by atoms with Crippen LogP contribution >= 0.6 is 0 Å². The van der Waals surface area contributed by atoms with Gasteiger partial charge in [-0.1, -0.05) is 0 Å². The van der Waals surface area contributed by atoms with Gasteiger partial charge in [0, 0.05) is 45.5 Å². The van der Waals surface area contributed by atoms with Crippen molar-refractivity contribution in [2.45, 2.75) is 0 Å². The summed E-state index contributed by atoms with van der Waals surface area (Å²) in [5.41, 5.74) is 1.17. The van der Waals surface area contributed by atoms with Crippen LogP contribution in [0.3, 0.4) is 0 Å². The van der Waals surface area contributed by atoms with Gasteiger partial charge in [-0.05, 0) is 12.1 Å². The fraction of sp³-hybridized carbons (Fsp3) is 0.385. The lowest BCUT2D eigenvalue weighted by molar-refractivity contribution is 0.589. The van der Waals surface area contributed by atoms with E-state index in [1.165, 1.54) is 5.69 Å². The highest BCUT2D eigenvalue weighted by molar-refractivity contribution is 5.55. The van der Waals surface area contributed by atoms with Crippen molar-refractivity contribution in [1.29, 1.82) is 0 Å². The van der Waals surface area contributed by atoms with Gasteiger partial charge in [0.15, 0.2) is 5.82 Å². The molecule has 3 heterocycles. The van der Waals surface area contributed by atoms with E-state index < -0.39 is 0 Å². The van der Waals surface area contributed by atoms with Crippen molar-refractivity contribution in [1.82, 2.24) is 20.1 Å². The Balaban J connectivity index is 1.68. The maximum absolute atomic E-state index is 4.44. The van der Waals surface area contributed by atoms with Gasteiger partial charge in [0.1, 0.15) is 5.82 Å². The first-order valence-corrected chi connectivity index (χ1v) is 6.50. The molecule has 3 rings (SSSR count). The van der Waals surface area contributed by atoms with Crippen LogP contribution in [0.5, 0.6) is 0 Å². The normalized spacial score (nSPS) is 15.5. The third-order valence-electron chi connectivity index (χ3n) is 3.20. The number of piperazine rings is 1. The molecule has 0 bridgehead atoms. The summed E-state index contributed by atoms with van der Waals surface area (Å²) < 4.78 is 1.76. The number of rotatable bonds is 3. The lowest BCUT2D eigenvalue weighted by Crippen LogP contribution is -2.43. The topological polar surface area (TPSA) is 58.0 Å². The largest absolute Gasteiger partial charge is 0.368 e. The molecule has 0 atom stereocenters. The molecule has 1 aliphatic heterocycles. The van der Waals surface area contributed by atoms with Crippen molar-refractivity contribution in [3.63, 3.8) is 0 Å². The zero-order valence-electron chi connectivity index (χ0n) is 11.0. The van der Waals surface area contributed by atoms with E-state index in [-0.39, 0.29) is 0 Å². The standard InChI is InChI=1S/C13H18N6/c1-18-7-4-13(17-18)16-12-3-2-11(10-15-12)19-8-5-14-6-9-19/h2-4,7,10,14H,5-6,8-9H2,1H3,(H,15,16,17). The average molecular weight is 258 g/mol. The van der Waals surface area contributed by atoms with E-state index in [0.717, 1.165) is 37.8 Å². The highest BCUT2D eigenvalue weighted by Gasteiger charge is 2.10. The summed E-state index contributed by atoms with van der Waals surface area (Å²) in [6.45, 7) is 4.14. The molecule has 0 unspecified atom stereocenters. The van der Waals surface area contributed by atoms with Gasteiger partial charge in [-0.15, -0.1) is 0 Å². The molecule has 0 aliphatic carbocycles. The predicted molar refractivity (Wildman–Crippen MR) is 75.8 cm³/mol. The number of aromatic nitrogens is 3. The quantitative estimate of drug-likeness (QED) is 0.859. The Morgan fingerprint density at radius 3 is 2.63 bits per heavy atom. The fourth-order valence-electron chi connectivity index (χ4n) is 2.18. The zero-order valence-corrected chi connectivity index (χ0v) is 11.0. The lowest BCUT2D eigenvalue weighted by Gasteiger charge is -2.29. The summed E-state index contributed by atoms with van der Waals surface area (Å²) in [5, 5.41) is 10.8. The van der Waals surface area contributed by atoms with Gasteiger partial charge in [0.05, 0.1) is 11.9 Å². The van der Waals surface area contributed by atoms with E-state index in [0.29, 0.717) is 0 Å². The van der Waals surface area contributed by atoms with Crippen molar-refractivity contribution in [2.24, 2.45) is 7.05 Å². The average Bonchev–Trinajstić information content (AvgIpc) is 2.86. The second-order valence-electron chi connectivity index (χ2n) is 4.64. The van der Waals surface area contributed by atoms with Crippen LogP contribution in [0.15, 0.2) is 30.6 Å². The van der Waals surface area contributed by atoms with Gasteiger partial charge in [0.25, 0.3) is 0 Å². The molecule has 2 aromatic heterocycles. The Morgan fingerprint density at radius 1 is 1.16 bits per heavy atom. The number of aryl methyl sites for hydroxylation is 1. The van der Waals surface area contributed by atoms with Gasteiger partial charge >= 0.3 is 0 Å². The molecule has 0 amide bonds. The molecular formula is C13H18N6. The highest BCUT2D eigenvalue weighted by Crippen LogP contribution is 2.17. The number of hydrogen-bond donors (Lipinski definition) is 2. The minimum absolute atomic E-state index is 0.810. The van der Waals surface area contributed by atoms with Crippen molar-refractivity contribution >= 4 is 17.3 Å². The third kappa shape index (κ3) is 2.85. The summed E-state index contributed by atoms with van der Waals surface area (Å²) >= 11 is 0. The van der Waals surface area contributed by atoms with Crippen LogP contribution < -0.4 is 15.5 Å². The molecular weight excluding hydrogens is 240 g/mol. The maximum Gasteiger partial charge on any atom is 0.153 e. The van der Waals surface area contributed by atoms with Crippen molar-refractivity contribution < 1.29 is 0 Å². The van der Waals surface area contributed by atoms with Crippen molar-refractivity contribution in [3.8, 4) is 0 Å². The Hall–Kier alpha value is -2.08. The monoisotopic (exact) mass is 258 g/mol. The molecule has 1 fully saturated rings. The third-order valence-corrected chi connectivity index (χ3v) is 3.20. The summed E-state index contributed by atoms with van der Waals surface area (Å²) in [4.78, 5) is 6.78. The summed E-state index contributed by atoms with van der Waals surface area (Å²) in [5.74, 6) is 1.63. The zero-order chi connectivity index (χ0) is 13.1. The summed E-state index contributed by atoms with van der Waals surface area (Å²) in [7, 11) is 1.89. The molecule has 0 aromatic carbocycles. The smallest absolute Gasteiger partial charge is 0.153 e. The molecule has 100 valence electrons. The maximum atomic E-state index is 4.44. The van der Waals surface area contributed by atoms with Crippen LogP contribution in [0.1, 0.15) is 0 Å². The molecule has 1 aliphatic rings. The minimum atomic E-state index is 0.810. The first-order chi connectivity index (χ1) is 9.31. The predicted octanol–water partition coefficient (Wildman–Crippen LogP) is 0.968. The Bertz CT molecular complexity index is 526. The van der Waals surface area contributed by atoms with E-state index in [2.05, 4.69) is 31.7 Å². The van der Waals surface area contributed by atoms with Gasteiger partial charge in [-0.2, -0.15) is 5.10 Å². The highest BCUT2D eigenvalue weighted by atomic mass is 15.3. The molecule has 6 nitrogen and oxygen atoms in total. The molecule has 6 heteroatoms. The molecule has 19 heavy (non-hydrogen) atoms. The molecule has 0 radical (unpaired) electrons. The molecule has 1 saturated heterocycles. The Kier molecular flexibility index (Phi) is 3.33. The molecule has 2 N–H and O–H groups in total. The van der Waals surface area contributed by atoms with Gasteiger partial charge in [-0.3, -0.25) is 4.68 Å². The van der Waals surface area contributed by atoms with Crippen LogP contribution in [0.4, 0.5) is 17.3 Å². The van der Waals surface area contributed by atoms with E-state index in [4.69, 9.17) is 0 Å². The van der Waals surface area contributed by atoms with Crippen molar-refractivity contribution in [3.05, 3.63) is 30.6 Å². The van der Waals surface area contributed by atoms with E-state index in [9.17, 15) is 0 Å². The first kappa shape index (κ1) is 12.0. The van der Waals surface area contributed by atoms with Gasteiger partial charge in [0.2, 0.25) is 0 Å². The second-order valence-corrected chi connectivity index (χ2v) is 4.64. The number of hydrogen-bond acceptors (Lipinski definition) is 5. The van der Waals surface area contributed by atoms with Crippen LogP contribution in [-0.4, -0.2) is 40.9 Å². The fourth-order valence-corrected chi connectivity index (χ4v) is 2.18. The van der Waals surface area contributed by atoms with Crippen LogP contribution in [0.25, 0.3) is 0 Å². The van der Waals surface area contributed by atoms with Crippen LogP contribution in [0.2, 0.25) is 0 Å². The molecule has 0 saturated carbocycles. The molecule has 0 spiro atoms. The Labute approximate surface area is 112 Å². The second kappa shape index (κ2) is 5.27. The lowest BCUT2D eigenvalue weighted by atomic mass is 10.3. The summed E-state index contributed by atoms with van der Waals surface area (Å²) in [6.07, 6.45) is 3.81. The first-order valence-electron chi connectivity index (χ1n) is 6.50. The van der Waals surface area contributed by atoms with Gasteiger partial charge in [-0.25, -0.2) is 4.98 Å². The van der Waals surface area contributed by atoms with Crippen LogP contribution in [0, 0.1) is 0 Å². The minimum Gasteiger partial charge on any atom is -0.368 e. The Morgan fingerprint density at radius 2 is 2.00 bits per heavy atom. The number of anilines is 3. The van der Waals surface area contributed by atoms with E-state index >= 15 is 0 Å². The number of nitrogens with zero attached hydrogens (tertiary/aromatic N) is 4. The van der Waals surface area contributed by atoms with E-state index in [1.807, 2.05) is 31.6 Å². The van der Waals surface area contributed by atoms with Gasteiger partial charge < -0.3 is 15.5 Å². The number of pyridine rings is 1. The number of nitrogens with one attached hydrogen (secondary N) is 2. The molecule has 2 aromatic rings. The van der Waals surface area contributed by atoms with Crippen LogP contribution in [-0.2, 0) is 7.05 Å².